The summed E-state index contributed by atoms with van der Waals surface area (Å²) < 4.78 is 5.51. The number of aromatic amines is 1. The van der Waals surface area contributed by atoms with Crippen molar-refractivity contribution in [2.24, 2.45) is 0 Å². The standard InChI is InChI=1S/C22H24N4O2/c27-22(16-28-19-9-5-2-6-10-19)23-18-11-13-26(14-12-18)21-15-20(24-25-21)17-7-3-1-4-8-17/h1-10,15,18H,11-14,16H2,(H,23,27)(H,24,25). The summed E-state index contributed by atoms with van der Waals surface area (Å²) in [5, 5.41) is 10.6. The summed E-state index contributed by atoms with van der Waals surface area (Å²) in [4.78, 5) is 14.4. The van der Waals surface area contributed by atoms with Crippen LogP contribution in [0.2, 0.25) is 0 Å². The predicted molar refractivity (Wildman–Crippen MR) is 109 cm³/mol. The quantitative estimate of drug-likeness (QED) is 0.693. The molecule has 6 nitrogen and oxygen atoms in total. The van der Waals surface area contributed by atoms with Gasteiger partial charge in [-0.05, 0) is 30.5 Å². The largest absolute Gasteiger partial charge is 0.484 e. The van der Waals surface area contributed by atoms with E-state index in [0.29, 0.717) is 5.75 Å². The van der Waals surface area contributed by atoms with Crippen LogP contribution in [0.3, 0.4) is 0 Å². The summed E-state index contributed by atoms with van der Waals surface area (Å²) in [5.74, 6) is 1.59. The Hall–Kier alpha value is -3.28. The first kappa shape index (κ1) is 18.1. The fourth-order valence-electron chi connectivity index (χ4n) is 3.43. The maximum atomic E-state index is 12.1. The van der Waals surface area contributed by atoms with Crippen LogP contribution in [0.1, 0.15) is 12.8 Å². The molecule has 1 amide bonds. The molecule has 1 fully saturated rings. The number of benzene rings is 2. The minimum absolute atomic E-state index is 0.0457. The van der Waals surface area contributed by atoms with Crippen LogP contribution in [-0.2, 0) is 4.79 Å². The second-order valence-corrected chi connectivity index (χ2v) is 6.94. The lowest BCUT2D eigenvalue weighted by molar-refractivity contribution is -0.123. The topological polar surface area (TPSA) is 70.2 Å². The lowest BCUT2D eigenvalue weighted by Gasteiger charge is -2.32. The fraction of sp³-hybridized carbons (Fsp3) is 0.273. The van der Waals surface area contributed by atoms with Crippen LogP contribution in [0.5, 0.6) is 5.75 Å². The molecule has 1 aromatic heterocycles. The molecule has 0 atom stereocenters. The van der Waals surface area contributed by atoms with E-state index in [1.54, 1.807) is 0 Å². The SMILES string of the molecule is O=C(COc1ccccc1)NC1CCN(c2cc(-c3ccccc3)[nH]n2)CC1. The number of amides is 1. The summed E-state index contributed by atoms with van der Waals surface area (Å²) >= 11 is 0. The van der Waals surface area contributed by atoms with E-state index < -0.39 is 0 Å². The van der Waals surface area contributed by atoms with E-state index in [1.165, 1.54) is 0 Å². The minimum atomic E-state index is -0.0755. The average molecular weight is 376 g/mol. The maximum Gasteiger partial charge on any atom is 0.258 e. The molecule has 2 heterocycles. The van der Waals surface area contributed by atoms with Crippen LogP contribution in [0, 0.1) is 0 Å². The number of aromatic nitrogens is 2. The number of rotatable bonds is 6. The Morgan fingerprint density at radius 3 is 2.46 bits per heavy atom. The van der Waals surface area contributed by atoms with Gasteiger partial charge in [0, 0.05) is 25.2 Å². The molecular weight excluding hydrogens is 352 g/mol. The average Bonchev–Trinajstić information content (AvgIpc) is 3.25. The third kappa shape index (κ3) is 4.52. The molecule has 144 valence electrons. The van der Waals surface area contributed by atoms with Gasteiger partial charge in [-0.15, -0.1) is 0 Å². The van der Waals surface area contributed by atoms with E-state index in [-0.39, 0.29) is 18.6 Å². The number of hydrogen-bond acceptors (Lipinski definition) is 4. The van der Waals surface area contributed by atoms with Crippen molar-refractivity contribution < 1.29 is 9.53 Å². The zero-order valence-corrected chi connectivity index (χ0v) is 15.7. The number of hydrogen-bond donors (Lipinski definition) is 2. The van der Waals surface area contributed by atoms with Gasteiger partial charge in [0.2, 0.25) is 0 Å². The van der Waals surface area contributed by atoms with Gasteiger partial charge in [0.25, 0.3) is 5.91 Å². The van der Waals surface area contributed by atoms with Crippen molar-refractivity contribution in [3.63, 3.8) is 0 Å². The van der Waals surface area contributed by atoms with Gasteiger partial charge in [-0.2, -0.15) is 5.10 Å². The van der Waals surface area contributed by atoms with Gasteiger partial charge in [0.15, 0.2) is 12.4 Å². The lowest BCUT2D eigenvalue weighted by atomic mass is 10.0. The van der Waals surface area contributed by atoms with Crippen molar-refractivity contribution in [2.45, 2.75) is 18.9 Å². The number of para-hydroxylation sites is 1. The zero-order chi connectivity index (χ0) is 19.2. The number of carbonyl (C=O) groups excluding carboxylic acids is 1. The fourth-order valence-corrected chi connectivity index (χ4v) is 3.43. The van der Waals surface area contributed by atoms with Gasteiger partial charge in [0.05, 0.1) is 5.69 Å². The molecular formula is C22H24N4O2. The van der Waals surface area contributed by atoms with Gasteiger partial charge in [-0.1, -0.05) is 48.5 Å². The molecule has 2 N–H and O–H groups in total. The van der Waals surface area contributed by atoms with Crippen LogP contribution in [0.15, 0.2) is 66.7 Å². The van der Waals surface area contributed by atoms with Gasteiger partial charge in [-0.3, -0.25) is 9.89 Å². The van der Waals surface area contributed by atoms with Crippen LogP contribution in [0.25, 0.3) is 11.3 Å². The zero-order valence-electron chi connectivity index (χ0n) is 15.7. The first-order chi connectivity index (χ1) is 13.8. The maximum absolute atomic E-state index is 12.1. The van der Waals surface area contributed by atoms with Gasteiger partial charge >= 0.3 is 0 Å². The van der Waals surface area contributed by atoms with Crippen LogP contribution in [0.4, 0.5) is 5.82 Å². The number of ether oxygens (including phenoxy) is 1. The third-order valence-corrected chi connectivity index (χ3v) is 4.95. The summed E-state index contributed by atoms with van der Waals surface area (Å²) in [6, 6.07) is 21.8. The molecule has 0 radical (unpaired) electrons. The van der Waals surface area contributed by atoms with Gasteiger partial charge < -0.3 is 15.0 Å². The van der Waals surface area contributed by atoms with E-state index in [2.05, 4.69) is 38.6 Å². The molecule has 0 saturated carbocycles. The Bertz CT molecular complexity index is 887. The Labute approximate surface area is 164 Å². The van der Waals surface area contributed by atoms with Gasteiger partial charge in [0.1, 0.15) is 5.75 Å². The van der Waals surface area contributed by atoms with Crippen molar-refractivity contribution in [3.8, 4) is 17.0 Å². The monoisotopic (exact) mass is 376 g/mol. The van der Waals surface area contributed by atoms with E-state index in [1.807, 2.05) is 48.5 Å². The number of anilines is 1. The Kier molecular flexibility index (Phi) is 5.56. The second kappa shape index (κ2) is 8.61. The van der Waals surface area contributed by atoms with Gasteiger partial charge in [-0.25, -0.2) is 0 Å². The summed E-state index contributed by atoms with van der Waals surface area (Å²) in [6.45, 7) is 1.77. The molecule has 4 rings (SSSR count). The van der Waals surface area contributed by atoms with Crippen LogP contribution < -0.4 is 15.0 Å². The van der Waals surface area contributed by atoms with Crippen LogP contribution in [-0.4, -0.2) is 41.8 Å². The smallest absolute Gasteiger partial charge is 0.258 e. The molecule has 28 heavy (non-hydrogen) atoms. The molecule has 2 aromatic carbocycles. The number of nitrogens with one attached hydrogen (secondary N) is 2. The molecule has 0 bridgehead atoms. The normalized spacial score (nSPS) is 14.6. The molecule has 6 heteroatoms. The summed E-state index contributed by atoms with van der Waals surface area (Å²) in [6.07, 6.45) is 1.79. The molecule has 1 aliphatic heterocycles. The van der Waals surface area contributed by atoms with E-state index >= 15 is 0 Å². The highest BCUT2D eigenvalue weighted by Crippen LogP contribution is 2.24. The van der Waals surface area contributed by atoms with Crippen molar-refractivity contribution >= 4 is 11.7 Å². The second-order valence-electron chi connectivity index (χ2n) is 6.94. The number of carbonyl (C=O) groups is 1. The number of H-pyrrole nitrogens is 1. The molecule has 0 aliphatic carbocycles. The Balaban J connectivity index is 1.24. The summed E-state index contributed by atoms with van der Waals surface area (Å²) in [5.41, 5.74) is 2.14. The van der Waals surface area contributed by atoms with Crippen molar-refractivity contribution in [3.05, 3.63) is 66.7 Å². The van der Waals surface area contributed by atoms with E-state index in [4.69, 9.17) is 4.74 Å². The molecule has 3 aromatic rings. The minimum Gasteiger partial charge on any atom is -0.484 e. The third-order valence-electron chi connectivity index (χ3n) is 4.95. The molecule has 1 saturated heterocycles. The van der Waals surface area contributed by atoms with Crippen molar-refractivity contribution in [1.29, 1.82) is 0 Å². The first-order valence-electron chi connectivity index (χ1n) is 9.61. The Morgan fingerprint density at radius 1 is 1.07 bits per heavy atom. The summed E-state index contributed by atoms with van der Waals surface area (Å²) in [7, 11) is 0. The van der Waals surface area contributed by atoms with Crippen molar-refractivity contribution in [1.82, 2.24) is 15.5 Å². The molecule has 0 unspecified atom stereocenters. The molecule has 0 spiro atoms. The van der Waals surface area contributed by atoms with E-state index in [9.17, 15) is 4.79 Å². The number of nitrogens with zero attached hydrogens (tertiary/aromatic N) is 2. The highest BCUT2D eigenvalue weighted by molar-refractivity contribution is 5.77. The highest BCUT2D eigenvalue weighted by Gasteiger charge is 2.22. The highest BCUT2D eigenvalue weighted by atomic mass is 16.5. The molecule has 1 aliphatic rings. The first-order valence-corrected chi connectivity index (χ1v) is 9.61. The van der Waals surface area contributed by atoms with Crippen LogP contribution >= 0.6 is 0 Å². The number of piperidine rings is 1. The Morgan fingerprint density at radius 2 is 1.75 bits per heavy atom. The van der Waals surface area contributed by atoms with E-state index in [0.717, 1.165) is 43.0 Å². The predicted octanol–water partition coefficient (Wildman–Crippen LogP) is 3.24. The lowest BCUT2D eigenvalue weighted by Crippen LogP contribution is -2.46. The van der Waals surface area contributed by atoms with Crippen molar-refractivity contribution in [2.75, 3.05) is 24.6 Å².